The molecule has 1 N–H and O–H groups in total. The zero-order valence-corrected chi connectivity index (χ0v) is 14.6. The van der Waals surface area contributed by atoms with Crippen LogP contribution < -0.4 is 5.32 Å². The van der Waals surface area contributed by atoms with Crippen LogP contribution in [0.4, 0.5) is 5.82 Å². The van der Waals surface area contributed by atoms with Gasteiger partial charge in [-0.3, -0.25) is 4.40 Å². The number of nitrogens with zero attached hydrogens (tertiary/aromatic N) is 3. The smallest absolute Gasteiger partial charge is 0.338 e. The van der Waals surface area contributed by atoms with E-state index in [4.69, 9.17) is 9.72 Å². The summed E-state index contributed by atoms with van der Waals surface area (Å²) >= 11 is 0. The summed E-state index contributed by atoms with van der Waals surface area (Å²) in [5.74, 6) is 0.396. The number of aryl methyl sites for hydroxylation is 1. The molecule has 6 heteroatoms. The van der Waals surface area contributed by atoms with Crippen molar-refractivity contribution in [2.75, 3.05) is 12.4 Å². The van der Waals surface area contributed by atoms with E-state index in [1.165, 1.54) is 12.7 Å². The molecule has 2 heterocycles. The SMILES string of the molecule is COC(=O)c1cc2c(cc1C)nc(NCc1ccccc1)c1cncn12. The molecule has 2 aromatic carbocycles. The molecule has 0 radical (unpaired) electrons. The molecular weight excluding hydrogens is 328 g/mol. The fourth-order valence-electron chi connectivity index (χ4n) is 3.05. The molecule has 0 unspecified atom stereocenters. The molecule has 4 rings (SSSR count). The third-order valence-electron chi connectivity index (χ3n) is 4.40. The number of carbonyl (C=O) groups excluding carboxylic acids is 1. The van der Waals surface area contributed by atoms with E-state index in [2.05, 4.69) is 22.4 Å². The molecule has 4 aromatic rings. The largest absolute Gasteiger partial charge is 0.465 e. The lowest BCUT2D eigenvalue weighted by Crippen LogP contribution is -2.07. The Balaban J connectivity index is 1.81. The number of hydrogen-bond donors (Lipinski definition) is 1. The predicted molar refractivity (Wildman–Crippen MR) is 100 cm³/mol. The van der Waals surface area contributed by atoms with Gasteiger partial charge in [0.2, 0.25) is 0 Å². The van der Waals surface area contributed by atoms with Gasteiger partial charge in [-0.1, -0.05) is 30.3 Å². The van der Waals surface area contributed by atoms with Crippen LogP contribution in [-0.4, -0.2) is 27.4 Å². The van der Waals surface area contributed by atoms with Crippen molar-refractivity contribution in [3.8, 4) is 0 Å². The van der Waals surface area contributed by atoms with Crippen molar-refractivity contribution in [2.24, 2.45) is 0 Å². The monoisotopic (exact) mass is 346 g/mol. The molecule has 0 bridgehead atoms. The lowest BCUT2D eigenvalue weighted by atomic mass is 10.1. The Morgan fingerprint density at radius 1 is 1.19 bits per heavy atom. The van der Waals surface area contributed by atoms with Crippen LogP contribution in [0.1, 0.15) is 21.5 Å². The summed E-state index contributed by atoms with van der Waals surface area (Å²) in [6, 6.07) is 13.8. The predicted octanol–water partition coefficient (Wildman–Crippen LogP) is 3.59. The third kappa shape index (κ3) is 2.75. The number of rotatable bonds is 4. The minimum atomic E-state index is -0.357. The maximum atomic E-state index is 12.0. The molecule has 0 saturated heterocycles. The zero-order chi connectivity index (χ0) is 18.1. The molecule has 6 nitrogen and oxygen atoms in total. The van der Waals surface area contributed by atoms with Gasteiger partial charge in [0, 0.05) is 6.54 Å². The van der Waals surface area contributed by atoms with E-state index in [-0.39, 0.29) is 5.97 Å². The molecule has 0 aliphatic rings. The van der Waals surface area contributed by atoms with E-state index in [0.717, 1.165) is 27.9 Å². The highest BCUT2D eigenvalue weighted by atomic mass is 16.5. The quantitative estimate of drug-likeness (QED) is 0.572. The molecule has 0 saturated carbocycles. The number of fused-ring (bicyclic) bond motifs is 3. The maximum Gasteiger partial charge on any atom is 0.338 e. The Morgan fingerprint density at radius 3 is 2.77 bits per heavy atom. The average molecular weight is 346 g/mol. The highest BCUT2D eigenvalue weighted by Crippen LogP contribution is 2.25. The Labute approximate surface area is 150 Å². The normalized spacial score (nSPS) is 11.0. The first-order valence-electron chi connectivity index (χ1n) is 8.30. The van der Waals surface area contributed by atoms with Crippen LogP contribution in [-0.2, 0) is 11.3 Å². The van der Waals surface area contributed by atoms with Crippen LogP contribution in [0.15, 0.2) is 55.0 Å². The summed E-state index contributed by atoms with van der Waals surface area (Å²) in [5, 5.41) is 3.39. The van der Waals surface area contributed by atoms with Gasteiger partial charge in [-0.05, 0) is 30.2 Å². The van der Waals surface area contributed by atoms with E-state index in [0.29, 0.717) is 12.1 Å². The van der Waals surface area contributed by atoms with E-state index < -0.39 is 0 Å². The van der Waals surface area contributed by atoms with Crippen LogP contribution in [0.3, 0.4) is 0 Å². The Morgan fingerprint density at radius 2 is 2.00 bits per heavy atom. The number of benzene rings is 2. The molecule has 0 spiro atoms. The van der Waals surface area contributed by atoms with Gasteiger partial charge in [0.25, 0.3) is 0 Å². The van der Waals surface area contributed by atoms with Crippen LogP contribution in [0.25, 0.3) is 16.6 Å². The van der Waals surface area contributed by atoms with Gasteiger partial charge in [-0.2, -0.15) is 0 Å². The summed E-state index contributed by atoms with van der Waals surface area (Å²) in [6.07, 6.45) is 3.49. The van der Waals surface area contributed by atoms with E-state index in [1.54, 1.807) is 18.6 Å². The first-order valence-corrected chi connectivity index (χ1v) is 8.30. The van der Waals surface area contributed by atoms with Crippen LogP contribution >= 0.6 is 0 Å². The number of methoxy groups -OCH3 is 1. The van der Waals surface area contributed by atoms with Crippen LogP contribution in [0, 0.1) is 6.92 Å². The van der Waals surface area contributed by atoms with Crippen molar-refractivity contribution in [1.29, 1.82) is 0 Å². The van der Waals surface area contributed by atoms with Gasteiger partial charge in [0.15, 0.2) is 5.82 Å². The molecule has 2 aromatic heterocycles. The van der Waals surface area contributed by atoms with E-state index in [9.17, 15) is 4.79 Å². The lowest BCUT2D eigenvalue weighted by Gasteiger charge is -2.12. The van der Waals surface area contributed by atoms with Gasteiger partial charge in [-0.25, -0.2) is 14.8 Å². The van der Waals surface area contributed by atoms with Crippen LogP contribution in [0.2, 0.25) is 0 Å². The highest BCUT2D eigenvalue weighted by molar-refractivity contribution is 5.96. The van der Waals surface area contributed by atoms with Crippen molar-refractivity contribution in [3.63, 3.8) is 0 Å². The fraction of sp³-hybridized carbons (Fsp3) is 0.150. The van der Waals surface area contributed by atoms with E-state index >= 15 is 0 Å². The van der Waals surface area contributed by atoms with Crippen molar-refractivity contribution < 1.29 is 9.53 Å². The average Bonchev–Trinajstić information content (AvgIpc) is 3.16. The number of imidazole rings is 1. The summed E-state index contributed by atoms with van der Waals surface area (Å²) in [4.78, 5) is 21.0. The zero-order valence-electron chi connectivity index (χ0n) is 14.6. The number of anilines is 1. The maximum absolute atomic E-state index is 12.0. The third-order valence-corrected chi connectivity index (χ3v) is 4.40. The van der Waals surface area contributed by atoms with Crippen molar-refractivity contribution in [1.82, 2.24) is 14.4 Å². The summed E-state index contributed by atoms with van der Waals surface area (Å²) < 4.78 is 6.81. The first kappa shape index (κ1) is 16.1. The standard InChI is InChI=1S/C20H18N4O2/c1-13-8-16-17(9-15(13)20(25)26-2)24-12-21-11-18(24)19(23-16)22-10-14-6-4-3-5-7-14/h3-9,11-12H,10H2,1-2H3,(H,22,23). The Bertz CT molecular complexity index is 1100. The topological polar surface area (TPSA) is 68.5 Å². The van der Waals surface area contributed by atoms with E-state index in [1.807, 2.05) is 35.6 Å². The Hall–Kier alpha value is -3.41. The van der Waals surface area contributed by atoms with Crippen LogP contribution in [0.5, 0.6) is 0 Å². The second kappa shape index (κ2) is 6.48. The number of carbonyl (C=O) groups is 1. The second-order valence-electron chi connectivity index (χ2n) is 6.10. The number of hydrogen-bond acceptors (Lipinski definition) is 5. The number of aromatic nitrogens is 3. The molecule has 0 aliphatic heterocycles. The van der Waals surface area contributed by atoms with Gasteiger partial charge in [0.1, 0.15) is 5.52 Å². The van der Waals surface area contributed by atoms with Crippen molar-refractivity contribution >= 4 is 28.3 Å². The molecule has 26 heavy (non-hydrogen) atoms. The van der Waals surface area contributed by atoms with Crippen molar-refractivity contribution in [3.05, 3.63) is 71.7 Å². The fourth-order valence-corrected chi connectivity index (χ4v) is 3.05. The van der Waals surface area contributed by atoms with Gasteiger partial charge < -0.3 is 10.1 Å². The molecule has 0 aliphatic carbocycles. The lowest BCUT2D eigenvalue weighted by molar-refractivity contribution is 0.0600. The molecular formula is C20H18N4O2. The summed E-state index contributed by atoms with van der Waals surface area (Å²) in [5.41, 5.74) is 4.98. The number of nitrogens with one attached hydrogen (secondary N) is 1. The summed E-state index contributed by atoms with van der Waals surface area (Å²) in [6.45, 7) is 2.54. The molecule has 0 fully saturated rings. The number of ether oxygens (including phenoxy) is 1. The highest BCUT2D eigenvalue weighted by Gasteiger charge is 2.15. The second-order valence-corrected chi connectivity index (χ2v) is 6.10. The molecule has 130 valence electrons. The van der Waals surface area contributed by atoms with Gasteiger partial charge in [0.05, 0.1) is 36.2 Å². The molecule has 0 atom stereocenters. The van der Waals surface area contributed by atoms with Gasteiger partial charge >= 0.3 is 5.97 Å². The Kier molecular flexibility index (Phi) is 4.01. The minimum absolute atomic E-state index is 0.357. The van der Waals surface area contributed by atoms with Crippen molar-refractivity contribution in [2.45, 2.75) is 13.5 Å². The molecule has 0 amide bonds. The first-order chi connectivity index (χ1) is 12.7. The summed E-state index contributed by atoms with van der Waals surface area (Å²) in [7, 11) is 1.38. The minimum Gasteiger partial charge on any atom is -0.465 e. The van der Waals surface area contributed by atoms with Gasteiger partial charge in [-0.15, -0.1) is 0 Å². The number of esters is 1.